The fraction of sp³-hybridized carbons (Fsp3) is 0.0714. The molecular weight excluding hydrogens is 268 g/mol. The van der Waals surface area contributed by atoms with Gasteiger partial charge in [-0.2, -0.15) is 0 Å². The van der Waals surface area contributed by atoms with E-state index in [9.17, 15) is 4.79 Å². The van der Waals surface area contributed by atoms with E-state index in [2.05, 4.69) is 0 Å². The van der Waals surface area contributed by atoms with Crippen molar-refractivity contribution >= 4 is 28.5 Å². The molecule has 0 unspecified atom stereocenters. The maximum atomic E-state index is 12.0. The van der Waals surface area contributed by atoms with Crippen LogP contribution in [0.5, 0.6) is 5.75 Å². The zero-order chi connectivity index (χ0) is 13.0. The summed E-state index contributed by atoms with van der Waals surface area (Å²) in [6.45, 7) is 0. The van der Waals surface area contributed by atoms with Crippen LogP contribution in [-0.2, 0) is 0 Å². The highest BCUT2D eigenvalue weighted by Crippen LogP contribution is 2.25. The summed E-state index contributed by atoms with van der Waals surface area (Å²) in [7, 11) is 1.59. The first-order valence-corrected chi connectivity index (χ1v) is 6.50. The summed E-state index contributed by atoms with van der Waals surface area (Å²) in [4.78, 5) is 12.8. The lowest BCUT2D eigenvalue weighted by Crippen LogP contribution is -1.93. The lowest BCUT2D eigenvalue weighted by Gasteiger charge is -2.03. The Balaban J connectivity index is 2.11. The standard InChI is InChI=1S/C14H11ClO2S/c1-17-12-7-5-10(6-8-12)14(16)18-13-4-2-3-11(15)9-13/h2-9H,1H3. The van der Waals surface area contributed by atoms with Gasteiger partial charge in [0.25, 0.3) is 0 Å². The Morgan fingerprint density at radius 1 is 1.17 bits per heavy atom. The molecule has 0 atom stereocenters. The number of benzene rings is 2. The Bertz CT molecular complexity index is 552. The zero-order valence-electron chi connectivity index (χ0n) is 9.72. The summed E-state index contributed by atoms with van der Waals surface area (Å²) >= 11 is 7.03. The number of carbonyl (C=O) groups excluding carboxylic acids is 1. The molecule has 0 aliphatic carbocycles. The zero-order valence-corrected chi connectivity index (χ0v) is 11.3. The highest BCUT2D eigenvalue weighted by Gasteiger charge is 2.08. The topological polar surface area (TPSA) is 26.3 Å². The first-order chi connectivity index (χ1) is 8.69. The van der Waals surface area contributed by atoms with Gasteiger partial charge in [0.05, 0.1) is 7.11 Å². The maximum absolute atomic E-state index is 12.0. The summed E-state index contributed by atoms with van der Waals surface area (Å²) in [5, 5.41) is 0.613. The van der Waals surface area contributed by atoms with Crippen molar-refractivity contribution in [1.82, 2.24) is 0 Å². The lowest BCUT2D eigenvalue weighted by molar-refractivity contribution is 0.108. The number of rotatable bonds is 3. The highest BCUT2D eigenvalue weighted by molar-refractivity contribution is 8.14. The minimum absolute atomic E-state index is 0.0140. The van der Waals surface area contributed by atoms with E-state index in [1.807, 2.05) is 12.1 Å². The van der Waals surface area contributed by atoms with Crippen molar-refractivity contribution < 1.29 is 9.53 Å². The number of thioether (sulfide) groups is 1. The van der Waals surface area contributed by atoms with Crippen LogP contribution in [0.25, 0.3) is 0 Å². The monoisotopic (exact) mass is 278 g/mol. The van der Waals surface area contributed by atoms with E-state index in [1.165, 1.54) is 0 Å². The van der Waals surface area contributed by atoms with Crippen LogP contribution < -0.4 is 4.74 Å². The second kappa shape index (κ2) is 5.94. The van der Waals surface area contributed by atoms with E-state index in [-0.39, 0.29) is 5.12 Å². The third-order valence-electron chi connectivity index (χ3n) is 2.33. The van der Waals surface area contributed by atoms with Crippen molar-refractivity contribution in [2.24, 2.45) is 0 Å². The Hall–Kier alpha value is -1.45. The largest absolute Gasteiger partial charge is 0.497 e. The molecule has 2 nitrogen and oxygen atoms in total. The molecule has 0 saturated heterocycles. The van der Waals surface area contributed by atoms with Crippen LogP contribution in [-0.4, -0.2) is 12.2 Å². The molecule has 2 aromatic carbocycles. The molecule has 0 aliphatic heterocycles. The van der Waals surface area contributed by atoms with E-state index in [0.29, 0.717) is 10.6 Å². The van der Waals surface area contributed by atoms with E-state index in [4.69, 9.17) is 16.3 Å². The molecule has 0 fully saturated rings. The lowest BCUT2D eigenvalue weighted by atomic mass is 10.2. The molecule has 0 N–H and O–H groups in total. The van der Waals surface area contributed by atoms with Crippen molar-refractivity contribution in [3.05, 3.63) is 59.1 Å². The van der Waals surface area contributed by atoms with Gasteiger partial charge in [-0.15, -0.1) is 0 Å². The molecule has 18 heavy (non-hydrogen) atoms. The van der Waals surface area contributed by atoms with Crippen molar-refractivity contribution in [1.29, 1.82) is 0 Å². The second-order valence-electron chi connectivity index (χ2n) is 3.58. The molecule has 92 valence electrons. The van der Waals surface area contributed by atoms with Gasteiger partial charge in [0.15, 0.2) is 0 Å². The van der Waals surface area contributed by atoms with Gasteiger partial charge >= 0.3 is 0 Å². The molecule has 0 aromatic heterocycles. The molecule has 0 spiro atoms. The molecule has 0 amide bonds. The van der Waals surface area contributed by atoms with Crippen molar-refractivity contribution in [2.45, 2.75) is 4.90 Å². The molecule has 4 heteroatoms. The first-order valence-electron chi connectivity index (χ1n) is 5.31. The van der Waals surface area contributed by atoms with E-state index < -0.39 is 0 Å². The second-order valence-corrected chi connectivity index (χ2v) is 5.06. The molecule has 0 bridgehead atoms. The summed E-state index contributed by atoms with van der Waals surface area (Å²) in [5.74, 6) is 0.735. The predicted molar refractivity (Wildman–Crippen MR) is 74.6 cm³/mol. The van der Waals surface area contributed by atoms with Crippen molar-refractivity contribution in [3.8, 4) is 5.75 Å². The van der Waals surface area contributed by atoms with Crippen LogP contribution in [0.1, 0.15) is 10.4 Å². The minimum atomic E-state index is -0.0140. The Kier molecular flexibility index (Phi) is 4.28. The van der Waals surface area contributed by atoms with E-state index in [0.717, 1.165) is 22.4 Å². The van der Waals surface area contributed by atoms with Gasteiger partial charge < -0.3 is 4.74 Å². The average Bonchev–Trinajstić information content (AvgIpc) is 2.39. The quantitative estimate of drug-likeness (QED) is 0.784. The Labute approximate surface area is 115 Å². The highest BCUT2D eigenvalue weighted by atomic mass is 35.5. The Morgan fingerprint density at radius 2 is 1.89 bits per heavy atom. The van der Waals surface area contributed by atoms with Gasteiger partial charge in [0.2, 0.25) is 5.12 Å². The first kappa shape index (κ1) is 13.0. The average molecular weight is 279 g/mol. The summed E-state index contributed by atoms with van der Waals surface area (Å²) in [6.07, 6.45) is 0. The van der Waals surface area contributed by atoms with Crippen molar-refractivity contribution in [3.63, 3.8) is 0 Å². The maximum Gasteiger partial charge on any atom is 0.224 e. The summed E-state index contributed by atoms with van der Waals surface area (Å²) in [6, 6.07) is 14.3. The van der Waals surface area contributed by atoms with Crippen LogP contribution in [0.3, 0.4) is 0 Å². The van der Waals surface area contributed by atoms with Gasteiger partial charge in [-0.05, 0) is 54.2 Å². The van der Waals surface area contributed by atoms with Gasteiger partial charge in [-0.25, -0.2) is 0 Å². The van der Waals surface area contributed by atoms with E-state index in [1.54, 1.807) is 43.5 Å². The van der Waals surface area contributed by atoms with Crippen LogP contribution in [0.4, 0.5) is 0 Å². The van der Waals surface area contributed by atoms with Crippen LogP contribution >= 0.6 is 23.4 Å². The number of ether oxygens (including phenoxy) is 1. The minimum Gasteiger partial charge on any atom is -0.497 e. The Morgan fingerprint density at radius 3 is 2.50 bits per heavy atom. The number of halogens is 1. The fourth-order valence-electron chi connectivity index (χ4n) is 1.42. The van der Waals surface area contributed by atoms with Crippen LogP contribution in [0.15, 0.2) is 53.4 Å². The van der Waals surface area contributed by atoms with Crippen molar-refractivity contribution in [2.75, 3.05) is 7.11 Å². The predicted octanol–water partition coefficient (Wildman–Crippen LogP) is 4.28. The number of methoxy groups -OCH3 is 1. The van der Waals surface area contributed by atoms with Gasteiger partial charge in [-0.1, -0.05) is 17.7 Å². The van der Waals surface area contributed by atoms with Gasteiger partial charge in [0, 0.05) is 15.5 Å². The van der Waals surface area contributed by atoms with Crippen LogP contribution in [0, 0.1) is 0 Å². The van der Waals surface area contributed by atoms with Crippen LogP contribution in [0.2, 0.25) is 5.02 Å². The fourth-order valence-corrected chi connectivity index (χ4v) is 2.48. The molecule has 2 rings (SSSR count). The van der Waals surface area contributed by atoms with E-state index >= 15 is 0 Å². The van der Waals surface area contributed by atoms with Gasteiger partial charge in [-0.3, -0.25) is 4.79 Å². The normalized spacial score (nSPS) is 10.1. The SMILES string of the molecule is COc1ccc(C(=O)Sc2cccc(Cl)c2)cc1. The molecular formula is C14H11ClO2S. The molecule has 0 radical (unpaired) electrons. The molecule has 2 aromatic rings. The number of carbonyl (C=O) groups is 1. The third kappa shape index (κ3) is 3.28. The summed E-state index contributed by atoms with van der Waals surface area (Å²) in [5.41, 5.74) is 0.640. The number of hydrogen-bond acceptors (Lipinski definition) is 3. The molecule has 0 heterocycles. The smallest absolute Gasteiger partial charge is 0.224 e. The number of hydrogen-bond donors (Lipinski definition) is 0. The molecule has 0 aliphatic rings. The molecule has 0 saturated carbocycles. The van der Waals surface area contributed by atoms with Gasteiger partial charge in [0.1, 0.15) is 5.75 Å². The summed E-state index contributed by atoms with van der Waals surface area (Å²) < 4.78 is 5.05. The third-order valence-corrected chi connectivity index (χ3v) is 3.48.